The molecule has 0 amide bonds. The maximum Gasteiger partial charge on any atom is 0.137 e. The lowest BCUT2D eigenvalue weighted by atomic mass is 9.80. The highest BCUT2D eigenvalue weighted by atomic mass is 79.9. The van der Waals surface area contributed by atoms with Crippen molar-refractivity contribution in [3.63, 3.8) is 0 Å². The maximum atomic E-state index is 11.2. The highest BCUT2D eigenvalue weighted by Gasteiger charge is 2.73. The Labute approximate surface area is 777 Å². The molecular formula is C73H97Br2Cl17N18O6. The van der Waals surface area contributed by atoms with Crippen molar-refractivity contribution in [1.82, 2.24) is 88.6 Å². The van der Waals surface area contributed by atoms with Crippen LogP contribution in [0.4, 0.5) is 0 Å². The van der Waals surface area contributed by atoms with Gasteiger partial charge in [-0.2, -0.15) is 30.6 Å². The standard InChI is InChI=1S/C14H20Cl3N3O.C12H16Br2ClN3O.C12H15Cl4N3O.2C12H16Cl3N3O.C11H14Cl3N3O/c1-11(2)10(14(11,16)17)3-4-13(21,12(15)5-6-12)7-20-9-18-8-19-20;13-12(14)5-9(12)1-2-11(19,10(15)3-4-10)6-18-8-16-7-17-18;13-11(14)3-8(11)1-2-10(20,9-4-12(9,15)16)5-19-7-17-6-18-19;1-9(5-12(9,14)15)4-11(19,10(13)2-3-10)6-18-8-16-7-17-18;1-8(9-4-12(9,14)15)11(19,10(13)2-3-10)5-18-7-16-6-17-18;12-9(1-2-9)10(18,3-8-4-11(8,13)14)5-17-7-15-6-16-17/h8-10,21H,3-7H2,1-2H3;7-9,19H,1-6H2;6-9,20H,1-5H2;7-8,19H,2-6H2,1H3;6-9,19H,2-5H2,1H3;6-8,18H,1-5H2. The molecular weight excluding hydrogens is 1990 g/mol. The Hall–Kier alpha value is 0.490. The van der Waals surface area contributed by atoms with Crippen molar-refractivity contribution in [2.75, 3.05) is 0 Å². The molecule has 12 aliphatic carbocycles. The predicted molar refractivity (Wildman–Crippen MR) is 463 cm³/mol. The summed E-state index contributed by atoms with van der Waals surface area (Å²) in [4.78, 5) is 20.6. The van der Waals surface area contributed by atoms with Crippen LogP contribution in [0.15, 0.2) is 75.9 Å². The molecule has 0 aliphatic heterocycles. The van der Waals surface area contributed by atoms with Crippen LogP contribution in [-0.4, -0.2) is 206 Å². The Balaban J connectivity index is 0.000000121. The van der Waals surface area contributed by atoms with Crippen molar-refractivity contribution < 1.29 is 30.6 Å². The molecule has 24 nitrogen and oxygen atoms in total. The Bertz CT molecular complexity index is 4270. The van der Waals surface area contributed by atoms with E-state index in [-0.39, 0.29) is 49.6 Å². The van der Waals surface area contributed by atoms with Crippen LogP contribution in [0.2, 0.25) is 0 Å². The molecule has 0 aromatic carbocycles. The predicted octanol–water partition coefficient (Wildman–Crippen LogP) is 17.4. The van der Waals surface area contributed by atoms with Gasteiger partial charge >= 0.3 is 0 Å². The number of halogens is 19. The molecule has 14 atom stereocenters. The minimum absolute atomic E-state index is 0.0700. The van der Waals surface area contributed by atoms with Crippen LogP contribution in [0.25, 0.3) is 0 Å². The number of hydrogen-bond donors (Lipinski definition) is 6. The van der Waals surface area contributed by atoms with E-state index in [1.807, 2.05) is 13.8 Å². The zero-order valence-electron chi connectivity index (χ0n) is 64.1. The van der Waals surface area contributed by atoms with Crippen molar-refractivity contribution in [2.45, 2.75) is 308 Å². The van der Waals surface area contributed by atoms with Gasteiger partial charge in [0.2, 0.25) is 0 Å². The van der Waals surface area contributed by atoms with E-state index in [9.17, 15) is 30.6 Å². The summed E-state index contributed by atoms with van der Waals surface area (Å²) in [5, 5.41) is 90.5. The second-order valence-corrected chi connectivity index (χ2v) is 52.8. The third kappa shape index (κ3) is 21.1. The number of aliphatic hydroxyl groups is 6. The molecule has 0 spiro atoms. The third-order valence-electron chi connectivity index (χ3n) is 26.9. The monoisotopic (exact) mass is 2070 g/mol. The van der Waals surface area contributed by atoms with E-state index >= 15 is 0 Å². The van der Waals surface area contributed by atoms with Crippen molar-refractivity contribution in [3.8, 4) is 0 Å². The van der Waals surface area contributed by atoms with E-state index in [0.29, 0.717) is 103 Å². The SMILES string of the molecule is CC(C1CC1(Cl)Cl)C(O)(Cn1cncn1)C1(Cl)CC1.CC1(C)C(CCC(O)(Cn2cncn2)C2(Cl)CC2)C1(Cl)Cl.CC1(CC(O)(Cn2cncn2)C2(Cl)CC2)CC1(Cl)Cl.OC(CC1CC1(Cl)Cl)(Cn1cncn1)C1(Cl)CC1.OC(CCC1CC1(Br)Br)(Cn1cncn1)C1(Cl)CC1.OC(CCC1CC1(Cl)Cl)(Cn1cncn1)C1CC1(Cl)Cl. The fourth-order valence-corrected chi connectivity index (χ4v) is 23.5. The van der Waals surface area contributed by atoms with Gasteiger partial charge in [-0.3, -0.25) is 23.4 Å². The number of rotatable bonds is 33. The molecule has 0 bridgehead atoms. The summed E-state index contributed by atoms with van der Waals surface area (Å²) in [6.45, 7) is 10.1. The average molecular weight is 2090 g/mol. The number of alkyl halides is 19. The molecule has 116 heavy (non-hydrogen) atoms. The van der Waals surface area contributed by atoms with Gasteiger partial charge in [0, 0.05) is 28.6 Å². The lowest BCUT2D eigenvalue weighted by molar-refractivity contribution is -0.0488. The molecule has 12 saturated carbocycles. The molecule has 0 radical (unpaired) electrons. The molecule has 14 unspecified atom stereocenters. The van der Waals surface area contributed by atoms with Gasteiger partial charge in [0.25, 0.3) is 0 Å². The first-order valence-electron chi connectivity index (χ1n) is 38.9. The lowest BCUT2D eigenvalue weighted by Gasteiger charge is -2.39. The Morgan fingerprint density at radius 2 is 0.707 bits per heavy atom. The lowest BCUT2D eigenvalue weighted by Crippen LogP contribution is -2.51. The summed E-state index contributed by atoms with van der Waals surface area (Å²) < 4.78 is 5.46. The summed E-state index contributed by atoms with van der Waals surface area (Å²) >= 11 is 113. The summed E-state index contributed by atoms with van der Waals surface area (Å²) in [6, 6.07) is 0. The number of hydrogen-bond acceptors (Lipinski definition) is 18. The first-order valence-corrected chi connectivity index (χ1v) is 46.9. The molecule has 6 aromatic heterocycles. The van der Waals surface area contributed by atoms with E-state index in [2.05, 4.69) is 106 Å². The van der Waals surface area contributed by atoms with Gasteiger partial charge in [0.05, 0.1) is 72.5 Å². The zero-order valence-corrected chi connectivity index (χ0v) is 80.1. The van der Waals surface area contributed by atoms with Crippen LogP contribution in [0.1, 0.15) is 182 Å². The van der Waals surface area contributed by atoms with Gasteiger partial charge in [-0.25, -0.2) is 34.6 Å². The summed E-state index contributed by atoms with van der Waals surface area (Å²) in [5.41, 5.74) is -6.50. The summed E-state index contributed by atoms with van der Waals surface area (Å²) in [7, 11) is 0. The molecule has 6 heterocycles. The van der Waals surface area contributed by atoms with Gasteiger partial charge in [0.1, 0.15) is 130 Å². The first-order chi connectivity index (χ1) is 53.5. The van der Waals surface area contributed by atoms with Gasteiger partial charge in [-0.15, -0.1) is 197 Å². The Morgan fingerprint density at radius 3 is 1.01 bits per heavy atom. The molecule has 12 fully saturated rings. The smallest absolute Gasteiger partial charge is 0.137 e. The van der Waals surface area contributed by atoms with Crippen LogP contribution in [0.3, 0.4) is 0 Å². The number of nitrogens with zero attached hydrogens (tertiary/aromatic N) is 18. The summed E-state index contributed by atoms with van der Waals surface area (Å²) in [6.07, 6.45) is 36.2. The molecule has 648 valence electrons. The van der Waals surface area contributed by atoms with Crippen LogP contribution in [0.5, 0.6) is 0 Å². The van der Waals surface area contributed by atoms with Crippen molar-refractivity contribution in [1.29, 1.82) is 0 Å². The molecule has 18 rings (SSSR count). The van der Waals surface area contributed by atoms with Crippen molar-refractivity contribution >= 4 is 229 Å². The normalized spacial score (nSPS) is 31.5. The minimum atomic E-state index is -1.07. The van der Waals surface area contributed by atoms with Crippen molar-refractivity contribution in [3.05, 3.63) is 75.9 Å². The fraction of sp³-hybridized carbons (Fsp3) is 0.836. The highest BCUT2D eigenvalue weighted by molar-refractivity contribution is 9.25. The number of aromatic nitrogens is 18. The maximum absolute atomic E-state index is 11.2. The van der Waals surface area contributed by atoms with Crippen molar-refractivity contribution in [2.24, 2.45) is 52.3 Å². The second kappa shape index (κ2) is 33.2. The molecule has 12 aliphatic rings. The average Bonchev–Trinajstić information content (AvgIpc) is 1.54. The molecule has 0 saturated heterocycles. The van der Waals surface area contributed by atoms with Gasteiger partial charge in [-0.05, 0) is 178 Å². The van der Waals surface area contributed by atoms with E-state index in [1.54, 1.807) is 66.1 Å². The van der Waals surface area contributed by atoms with Crippen LogP contribution >= 0.6 is 229 Å². The highest BCUT2D eigenvalue weighted by Crippen LogP contribution is 2.73. The Morgan fingerprint density at radius 1 is 0.397 bits per heavy atom. The van der Waals surface area contributed by atoms with Crippen LogP contribution in [-0.2, 0) is 39.3 Å². The molecule has 6 aromatic rings. The summed E-state index contributed by atoms with van der Waals surface area (Å²) in [5.74, 6) is 0.884. The molecule has 6 N–H and O–H groups in total. The fourth-order valence-electron chi connectivity index (χ4n) is 16.8. The van der Waals surface area contributed by atoms with E-state index < -0.39 is 84.0 Å². The van der Waals surface area contributed by atoms with Gasteiger partial charge in [0.15, 0.2) is 0 Å². The van der Waals surface area contributed by atoms with Gasteiger partial charge in [-0.1, -0.05) is 59.6 Å². The first kappa shape index (κ1) is 94.1. The third-order valence-corrected chi connectivity index (χ3v) is 38.7. The molecule has 43 heteroatoms. The van der Waals surface area contributed by atoms with E-state index in [1.165, 1.54) is 38.0 Å². The van der Waals surface area contributed by atoms with Crippen LogP contribution in [0, 0.1) is 52.3 Å². The second-order valence-electron chi connectivity index (χ2n) is 36.2. The quantitative estimate of drug-likeness (QED) is 0.0209. The minimum Gasteiger partial charge on any atom is -0.388 e. The van der Waals surface area contributed by atoms with Gasteiger partial charge < -0.3 is 30.6 Å². The van der Waals surface area contributed by atoms with E-state index in [4.69, 9.17) is 197 Å². The topological polar surface area (TPSA) is 306 Å². The Kier molecular flexibility index (Phi) is 26.9. The van der Waals surface area contributed by atoms with Crippen LogP contribution < -0.4 is 0 Å². The van der Waals surface area contributed by atoms with E-state index in [0.717, 1.165) is 96.3 Å². The largest absolute Gasteiger partial charge is 0.388 e. The zero-order chi connectivity index (χ0) is 84.7.